The van der Waals surface area contributed by atoms with E-state index in [9.17, 15) is 8.42 Å². The zero-order chi connectivity index (χ0) is 14.6. The molecule has 114 valence electrons. The number of sulfonamides is 1. The smallest absolute Gasteiger partial charge is 0.244 e. The monoisotopic (exact) mass is 300 g/mol. The summed E-state index contributed by atoms with van der Waals surface area (Å²) < 4.78 is 32.8. The second-order valence-electron chi connectivity index (χ2n) is 5.42. The molecule has 2 rings (SSSR count). The normalized spacial score (nSPS) is 16.9. The Labute approximate surface area is 121 Å². The summed E-state index contributed by atoms with van der Waals surface area (Å²) in [5.41, 5.74) is 0. The lowest BCUT2D eigenvalue weighted by atomic mass is 10.1. The van der Waals surface area contributed by atoms with E-state index < -0.39 is 10.0 Å². The quantitative estimate of drug-likeness (QED) is 0.809. The molecule has 20 heavy (non-hydrogen) atoms. The molecule has 0 spiro atoms. The Morgan fingerprint density at radius 2 is 2.05 bits per heavy atom. The van der Waals surface area contributed by atoms with Crippen molar-refractivity contribution in [2.45, 2.75) is 51.0 Å². The minimum Gasteiger partial charge on any atom is -0.464 e. The van der Waals surface area contributed by atoms with Gasteiger partial charge in [-0.05, 0) is 32.2 Å². The van der Waals surface area contributed by atoms with Crippen LogP contribution in [0.25, 0.3) is 0 Å². The lowest BCUT2D eigenvalue weighted by Crippen LogP contribution is -2.28. The third-order valence-corrected chi connectivity index (χ3v) is 5.33. The van der Waals surface area contributed by atoms with E-state index in [4.69, 9.17) is 4.42 Å². The third kappa shape index (κ3) is 3.84. The molecule has 5 nitrogen and oxygen atoms in total. The van der Waals surface area contributed by atoms with Gasteiger partial charge in [0.05, 0.1) is 6.54 Å². The van der Waals surface area contributed by atoms with Crippen molar-refractivity contribution in [3.63, 3.8) is 0 Å². The van der Waals surface area contributed by atoms with Gasteiger partial charge in [-0.15, -0.1) is 0 Å². The SMILES string of the molecule is CCNCc1cc(S(=O)(=O)NCC2CCCC2)c(C)o1. The second kappa shape index (κ2) is 6.74. The van der Waals surface area contributed by atoms with Gasteiger partial charge in [-0.1, -0.05) is 19.8 Å². The van der Waals surface area contributed by atoms with Crippen LogP contribution in [0, 0.1) is 12.8 Å². The number of rotatable bonds is 7. The van der Waals surface area contributed by atoms with Crippen LogP contribution >= 0.6 is 0 Å². The van der Waals surface area contributed by atoms with Gasteiger partial charge in [0.1, 0.15) is 16.4 Å². The highest BCUT2D eigenvalue weighted by molar-refractivity contribution is 7.89. The number of aryl methyl sites for hydroxylation is 1. The summed E-state index contributed by atoms with van der Waals surface area (Å²) in [6, 6.07) is 1.62. The highest BCUT2D eigenvalue weighted by Crippen LogP contribution is 2.25. The molecule has 0 atom stereocenters. The van der Waals surface area contributed by atoms with Gasteiger partial charge in [-0.3, -0.25) is 0 Å². The molecule has 0 unspecified atom stereocenters. The van der Waals surface area contributed by atoms with Gasteiger partial charge in [0.25, 0.3) is 0 Å². The van der Waals surface area contributed by atoms with E-state index in [2.05, 4.69) is 10.0 Å². The minimum atomic E-state index is -3.45. The van der Waals surface area contributed by atoms with E-state index >= 15 is 0 Å². The first kappa shape index (κ1) is 15.5. The highest BCUT2D eigenvalue weighted by atomic mass is 32.2. The van der Waals surface area contributed by atoms with Crippen molar-refractivity contribution < 1.29 is 12.8 Å². The molecule has 6 heteroatoms. The standard InChI is InChI=1S/C14H24N2O3S/c1-3-15-10-13-8-14(11(2)19-13)20(17,18)16-9-12-6-4-5-7-12/h8,12,15-16H,3-7,9-10H2,1-2H3. The molecule has 1 aromatic heterocycles. The van der Waals surface area contributed by atoms with Crippen LogP contribution in [0.1, 0.15) is 44.1 Å². The summed E-state index contributed by atoms with van der Waals surface area (Å²) in [5, 5.41) is 3.12. The van der Waals surface area contributed by atoms with Crippen LogP contribution in [0.4, 0.5) is 0 Å². The van der Waals surface area contributed by atoms with Crippen LogP contribution in [0.2, 0.25) is 0 Å². The zero-order valence-electron chi connectivity index (χ0n) is 12.2. The van der Waals surface area contributed by atoms with E-state index in [1.165, 1.54) is 12.8 Å². The van der Waals surface area contributed by atoms with Crippen molar-refractivity contribution in [2.75, 3.05) is 13.1 Å². The topological polar surface area (TPSA) is 71.3 Å². The van der Waals surface area contributed by atoms with Gasteiger partial charge in [-0.2, -0.15) is 0 Å². The summed E-state index contributed by atoms with van der Waals surface area (Å²) >= 11 is 0. The number of furan rings is 1. The predicted molar refractivity (Wildman–Crippen MR) is 78.0 cm³/mol. The Bertz CT molecular complexity index is 531. The average Bonchev–Trinajstić information content (AvgIpc) is 3.03. The third-order valence-electron chi connectivity index (χ3n) is 3.80. The Morgan fingerprint density at radius 3 is 2.70 bits per heavy atom. The van der Waals surface area contributed by atoms with E-state index in [1.807, 2.05) is 6.92 Å². The Kier molecular flexibility index (Phi) is 5.23. The van der Waals surface area contributed by atoms with Gasteiger partial charge in [0, 0.05) is 12.6 Å². The molecular weight excluding hydrogens is 276 g/mol. The van der Waals surface area contributed by atoms with Crippen LogP contribution < -0.4 is 10.0 Å². The molecule has 0 aliphatic heterocycles. The molecule has 0 bridgehead atoms. The highest BCUT2D eigenvalue weighted by Gasteiger charge is 2.23. The van der Waals surface area contributed by atoms with Gasteiger partial charge < -0.3 is 9.73 Å². The predicted octanol–water partition coefficient (Wildman–Crippen LogP) is 2.17. The van der Waals surface area contributed by atoms with E-state index in [0.29, 0.717) is 30.5 Å². The molecule has 1 aliphatic carbocycles. The summed E-state index contributed by atoms with van der Waals surface area (Å²) in [5.74, 6) is 1.60. The van der Waals surface area contributed by atoms with Crippen molar-refractivity contribution in [2.24, 2.45) is 5.92 Å². The molecule has 1 saturated carbocycles. The van der Waals surface area contributed by atoms with Crippen LogP contribution in [-0.4, -0.2) is 21.5 Å². The van der Waals surface area contributed by atoms with Crippen molar-refractivity contribution >= 4 is 10.0 Å². The molecule has 1 fully saturated rings. The summed E-state index contributed by atoms with van der Waals surface area (Å²) in [6.45, 7) is 5.60. The molecule has 0 aromatic carbocycles. The molecule has 0 radical (unpaired) electrons. The van der Waals surface area contributed by atoms with E-state index in [1.54, 1.807) is 13.0 Å². The van der Waals surface area contributed by atoms with Crippen molar-refractivity contribution in [3.05, 3.63) is 17.6 Å². The van der Waals surface area contributed by atoms with Gasteiger partial charge in [-0.25, -0.2) is 13.1 Å². The maximum atomic E-state index is 12.3. The van der Waals surface area contributed by atoms with Crippen LogP contribution in [0.3, 0.4) is 0 Å². The summed E-state index contributed by atoms with van der Waals surface area (Å²) in [7, 11) is -3.45. The molecule has 1 heterocycles. The van der Waals surface area contributed by atoms with Crippen molar-refractivity contribution in [1.29, 1.82) is 0 Å². The van der Waals surface area contributed by atoms with Crippen LogP contribution in [0.5, 0.6) is 0 Å². The lowest BCUT2D eigenvalue weighted by Gasteiger charge is -2.10. The molecule has 2 N–H and O–H groups in total. The lowest BCUT2D eigenvalue weighted by molar-refractivity contribution is 0.459. The Morgan fingerprint density at radius 1 is 1.35 bits per heavy atom. The largest absolute Gasteiger partial charge is 0.464 e. The number of hydrogen-bond acceptors (Lipinski definition) is 4. The van der Waals surface area contributed by atoms with E-state index in [0.717, 1.165) is 19.4 Å². The van der Waals surface area contributed by atoms with Gasteiger partial charge in [0.2, 0.25) is 10.0 Å². The first-order valence-corrected chi connectivity index (χ1v) is 8.81. The fraction of sp³-hybridized carbons (Fsp3) is 0.714. The van der Waals surface area contributed by atoms with Gasteiger partial charge in [0.15, 0.2) is 0 Å². The second-order valence-corrected chi connectivity index (χ2v) is 7.15. The molecule has 1 aromatic rings. The van der Waals surface area contributed by atoms with Crippen LogP contribution in [0.15, 0.2) is 15.4 Å². The van der Waals surface area contributed by atoms with Crippen molar-refractivity contribution in [1.82, 2.24) is 10.0 Å². The fourth-order valence-corrected chi connectivity index (χ4v) is 3.96. The Hall–Kier alpha value is -0.850. The molecule has 0 saturated heterocycles. The zero-order valence-corrected chi connectivity index (χ0v) is 13.1. The first-order valence-electron chi connectivity index (χ1n) is 7.32. The summed E-state index contributed by atoms with van der Waals surface area (Å²) in [4.78, 5) is 0.267. The van der Waals surface area contributed by atoms with Crippen molar-refractivity contribution in [3.8, 4) is 0 Å². The maximum Gasteiger partial charge on any atom is 0.244 e. The molecular formula is C14H24N2O3S. The van der Waals surface area contributed by atoms with Crippen LogP contribution in [-0.2, 0) is 16.6 Å². The summed E-state index contributed by atoms with van der Waals surface area (Å²) in [6.07, 6.45) is 4.67. The fourth-order valence-electron chi connectivity index (χ4n) is 2.65. The van der Waals surface area contributed by atoms with E-state index in [-0.39, 0.29) is 4.90 Å². The molecule has 0 amide bonds. The van der Waals surface area contributed by atoms with Gasteiger partial charge >= 0.3 is 0 Å². The Balaban J connectivity index is 2.02. The molecule has 1 aliphatic rings. The number of nitrogens with one attached hydrogen (secondary N) is 2. The minimum absolute atomic E-state index is 0.267. The maximum absolute atomic E-state index is 12.3. The first-order chi connectivity index (χ1) is 9.53. The average molecular weight is 300 g/mol. The number of hydrogen-bond donors (Lipinski definition) is 2.